The van der Waals surface area contributed by atoms with Crippen LogP contribution in [0.1, 0.15) is 10.4 Å². The van der Waals surface area contributed by atoms with Gasteiger partial charge < -0.3 is 4.74 Å². The summed E-state index contributed by atoms with van der Waals surface area (Å²) in [4.78, 5) is 11.7. The van der Waals surface area contributed by atoms with Crippen LogP contribution in [0.3, 0.4) is 0 Å². The van der Waals surface area contributed by atoms with Crippen LogP contribution >= 0.6 is 27.5 Å². The van der Waals surface area contributed by atoms with E-state index in [9.17, 15) is 13.2 Å². The molecule has 0 spiro atoms. The summed E-state index contributed by atoms with van der Waals surface area (Å²) in [5.74, 6) is -0.873. The lowest BCUT2D eigenvalue weighted by Gasteiger charge is -2.10. The van der Waals surface area contributed by atoms with Crippen molar-refractivity contribution in [2.45, 2.75) is 4.90 Å². The Hall–Kier alpha value is -2.08. The zero-order chi connectivity index (χ0) is 17.7. The van der Waals surface area contributed by atoms with Gasteiger partial charge in [-0.2, -0.15) is 5.26 Å². The van der Waals surface area contributed by atoms with E-state index in [2.05, 4.69) is 25.4 Å². The van der Waals surface area contributed by atoms with Gasteiger partial charge in [0, 0.05) is 10.2 Å². The van der Waals surface area contributed by atoms with Gasteiger partial charge in [-0.15, -0.1) is 0 Å². The predicted molar refractivity (Wildman–Crippen MR) is 92.3 cm³/mol. The molecule has 0 aliphatic carbocycles. The first-order valence-electron chi connectivity index (χ1n) is 6.45. The highest BCUT2D eigenvalue weighted by atomic mass is 79.9. The molecule has 0 amide bonds. The van der Waals surface area contributed by atoms with Crippen LogP contribution in [-0.4, -0.2) is 21.0 Å². The van der Waals surface area contributed by atoms with Gasteiger partial charge >= 0.3 is 5.97 Å². The number of nitrogens with zero attached hydrogens (tertiary/aromatic N) is 1. The van der Waals surface area contributed by atoms with E-state index in [-0.39, 0.29) is 15.5 Å². The first-order valence-corrected chi connectivity index (χ1v) is 9.11. The molecule has 124 valence electrons. The maximum Gasteiger partial charge on any atom is 0.340 e. The predicted octanol–water partition coefficient (Wildman–Crippen LogP) is 3.58. The van der Waals surface area contributed by atoms with E-state index in [0.717, 1.165) is 10.5 Å². The Balaban J connectivity index is 2.32. The molecule has 0 aromatic heterocycles. The first kappa shape index (κ1) is 18.3. The van der Waals surface area contributed by atoms with E-state index in [0.29, 0.717) is 5.69 Å². The van der Waals surface area contributed by atoms with Gasteiger partial charge in [-0.05, 0) is 42.5 Å². The first-order chi connectivity index (χ1) is 11.3. The van der Waals surface area contributed by atoms with E-state index in [1.807, 2.05) is 0 Å². The average Bonchev–Trinajstić information content (AvgIpc) is 2.54. The number of ether oxygens (including phenoxy) is 1. The van der Waals surface area contributed by atoms with Crippen molar-refractivity contribution >= 4 is 49.2 Å². The Morgan fingerprint density at radius 3 is 2.54 bits per heavy atom. The summed E-state index contributed by atoms with van der Waals surface area (Å²) in [6.45, 7) is -0.455. The van der Waals surface area contributed by atoms with Crippen LogP contribution in [0, 0.1) is 11.3 Å². The number of hydrogen-bond acceptors (Lipinski definition) is 5. The van der Waals surface area contributed by atoms with Crippen molar-refractivity contribution in [1.82, 2.24) is 0 Å². The summed E-state index contributed by atoms with van der Waals surface area (Å²) in [7, 11) is -3.92. The molecule has 0 radical (unpaired) electrons. The summed E-state index contributed by atoms with van der Waals surface area (Å²) >= 11 is 9.15. The van der Waals surface area contributed by atoms with Gasteiger partial charge in [-0.3, -0.25) is 4.72 Å². The molecule has 1 N–H and O–H groups in total. The third-order valence-corrected chi connectivity index (χ3v) is 5.07. The fourth-order valence-corrected chi connectivity index (χ4v) is 3.28. The highest BCUT2D eigenvalue weighted by Gasteiger charge is 2.19. The van der Waals surface area contributed by atoms with Crippen molar-refractivity contribution < 1.29 is 17.9 Å². The van der Waals surface area contributed by atoms with Crippen molar-refractivity contribution in [3.05, 3.63) is 57.5 Å². The summed E-state index contributed by atoms with van der Waals surface area (Å²) in [6, 6.07) is 11.8. The minimum absolute atomic E-state index is 0.0283. The largest absolute Gasteiger partial charge is 0.447 e. The fourth-order valence-electron chi connectivity index (χ4n) is 1.74. The van der Waals surface area contributed by atoms with Crippen LogP contribution in [0.5, 0.6) is 0 Å². The fraction of sp³-hybridized carbons (Fsp3) is 0.0667. The number of carbonyl (C=O) groups is 1. The number of benzene rings is 2. The van der Waals surface area contributed by atoms with Gasteiger partial charge in [0.25, 0.3) is 10.0 Å². The molecule has 0 unspecified atom stereocenters. The summed E-state index contributed by atoms with van der Waals surface area (Å²) in [5.41, 5.74) is 0.229. The Morgan fingerprint density at radius 2 is 1.92 bits per heavy atom. The molecule has 0 bridgehead atoms. The number of carbonyl (C=O) groups excluding carboxylic acids is 1. The number of sulfonamides is 1. The van der Waals surface area contributed by atoms with Crippen LogP contribution < -0.4 is 4.72 Å². The normalized spacial score (nSPS) is 10.7. The van der Waals surface area contributed by atoms with Crippen molar-refractivity contribution in [1.29, 1.82) is 5.26 Å². The van der Waals surface area contributed by atoms with Gasteiger partial charge in [0.15, 0.2) is 6.61 Å². The lowest BCUT2D eigenvalue weighted by molar-refractivity contribution is 0.0555. The summed E-state index contributed by atoms with van der Waals surface area (Å²) in [6.07, 6.45) is 0. The third kappa shape index (κ3) is 4.47. The lowest BCUT2D eigenvalue weighted by atomic mass is 10.2. The van der Waals surface area contributed by atoms with E-state index in [1.165, 1.54) is 12.1 Å². The number of hydrogen-bond donors (Lipinski definition) is 1. The number of nitrogens with one attached hydrogen (secondary N) is 1. The van der Waals surface area contributed by atoms with Gasteiger partial charge in [-0.25, -0.2) is 13.2 Å². The van der Waals surface area contributed by atoms with Crippen LogP contribution in [0.25, 0.3) is 0 Å². The van der Waals surface area contributed by atoms with Crippen LogP contribution in [-0.2, 0) is 14.8 Å². The zero-order valence-electron chi connectivity index (χ0n) is 12.0. The Morgan fingerprint density at radius 1 is 1.25 bits per heavy atom. The maximum atomic E-state index is 12.4. The Labute approximate surface area is 152 Å². The monoisotopic (exact) mass is 428 g/mol. The average molecular weight is 430 g/mol. The molecule has 2 aromatic carbocycles. The minimum atomic E-state index is -3.92. The second kappa shape index (κ2) is 7.66. The smallest absolute Gasteiger partial charge is 0.340 e. The molecule has 0 fully saturated rings. The van der Waals surface area contributed by atoms with Crippen molar-refractivity contribution in [2.75, 3.05) is 11.3 Å². The molecule has 0 heterocycles. The van der Waals surface area contributed by atoms with Gasteiger partial charge in [0.05, 0.1) is 15.5 Å². The molecule has 0 saturated heterocycles. The summed E-state index contributed by atoms with van der Waals surface area (Å²) in [5, 5.41) is 8.46. The van der Waals surface area contributed by atoms with Crippen LogP contribution in [0.2, 0.25) is 5.02 Å². The molecule has 0 saturated carbocycles. The van der Waals surface area contributed by atoms with E-state index < -0.39 is 22.6 Å². The third-order valence-electron chi connectivity index (χ3n) is 2.83. The number of rotatable bonds is 5. The maximum absolute atomic E-state index is 12.4. The highest BCUT2D eigenvalue weighted by molar-refractivity contribution is 9.10. The number of esters is 1. The molecule has 24 heavy (non-hydrogen) atoms. The Kier molecular flexibility index (Phi) is 5.83. The topological polar surface area (TPSA) is 96.3 Å². The molecule has 0 aliphatic rings. The zero-order valence-corrected chi connectivity index (χ0v) is 15.2. The minimum Gasteiger partial charge on any atom is -0.447 e. The molecular formula is C15H10BrClN2O4S. The molecular weight excluding hydrogens is 420 g/mol. The number of anilines is 1. The van der Waals surface area contributed by atoms with E-state index >= 15 is 0 Å². The van der Waals surface area contributed by atoms with Crippen molar-refractivity contribution in [3.63, 3.8) is 0 Å². The molecule has 0 atom stereocenters. The van der Waals surface area contributed by atoms with Crippen LogP contribution in [0.15, 0.2) is 51.8 Å². The quantitative estimate of drug-likeness (QED) is 0.733. The molecule has 9 heteroatoms. The number of halogens is 2. The second-order valence-electron chi connectivity index (χ2n) is 4.49. The molecule has 0 aliphatic heterocycles. The van der Waals surface area contributed by atoms with E-state index in [4.69, 9.17) is 16.9 Å². The highest BCUT2D eigenvalue weighted by Crippen LogP contribution is 2.24. The Bertz CT molecular complexity index is 908. The second-order valence-corrected chi connectivity index (χ2v) is 7.49. The number of nitriles is 1. The van der Waals surface area contributed by atoms with Crippen molar-refractivity contribution in [3.8, 4) is 6.07 Å². The van der Waals surface area contributed by atoms with Gasteiger partial charge in [0.2, 0.25) is 0 Å². The van der Waals surface area contributed by atoms with Gasteiger partial charge in [-0.1, -0.05) is 27.5 Å². The van der Waals surface area contributed by atoms with Gasteiger partial charge in [0.1, 0.15) is 6.07 Å². The summed E-state index contributed by atoms with van der Waals surface area (Å²) < 4.78 is 32.7. The standard InChI is InChI=1S/C15H10BrClN2O4S/c16-10-1-3-11(4-2-10)19-24(21,22)12-5-6-14(17)13(9-12)15(20)23-8-7-18/h1-6,9,19H,8H2. The van der Waals surface area contributed by atoms with Crippen LogP contribution in [0.4, 0.5) is 5.69 Å². The molecule has 6 nitrogen and oxygen atoms in total. The van der Waals surface area contributed by atoms with Crippen molar-refractivity contribution in [2.24, 2.45) is 0 Å². The molecule has 2 rings (SSSR count). The molecule has 2 aromatic rings. The lowest BCUT2D eigenvalue weighted by Crippen LogP contribution is -2.14. The van der Waals surface area contributed by atoms with E-state index in [1.54, 1.807) is 30.3 Å². The SMILES string of the molecule is N#CCOC(=O)c1cc(S(=O)(=O)Nc2ccc(Br)cc2)ccc1Cl.